The molecule has 0 bridgehead atoms. The summed E-state index contributed by atoms with van der Waals surface area (Å²) in [6.45, 7) is 0.576. The van der Waals surface area contributed by atoms with Crippen LogP contribution in [0.2, 0.25) is 0 Å². The summed E-state index contributed by atoms with van der Waals surface area (Å²) in [7, 11) is 0. The fraction of sp³-hybridized carbons (Fsp3) is 0.444. The predicted molar refractivity (Wildman–Crippen MR) is 128 cm³/mol. The molecule has 1 atom stereocenters. The fourth-order valence-electron chi connectivity index (χ4n) is 5.53. The molecule has 2 aromatic rings. The normalized spacial score (nSPS) is 25.4. The number of hydrogen-bond acceptors (Lipinski definition) is 5. The van der Waals surface area contributed by atoms with Gasteiger partial charge in [0.15, 0.2) is 5.54 Å². The highest BCUT2D eigenvalue weighted by molar-refractivity contribution is 5.88. The number of nitrogens with one attached hydrogen (secondary N) is 2. The van der Waals surface area contributed by atoms with Crippen LogP contribution in [0, 0.1) is 5.92 Å². The van der Waals surface area contributed by atoms with Gasteiger partial charge in [-0.1, -0.05) is 48.5 Å². The van der Waals surface area contributed by atoms with E-state index in [1.54, 1.807) is 0 Å². The zero-order valence-electron chi connectivity index (χ0n) is 19.5. The van der Waals surface area contributed by atoms with Crippen molar-refractivity contribution in [3.05, 3.63) is 59.7 Å². The number of carboxylic acids is 1. The second kappa shape index (κ2) is 9.70. The van der Waals surface area contributed by atoms with Crippen LogP contribution in [0.1, 0.15) is 49.1 Å². The van der Waals surface area contributed by atoms with Gasteiger partial charge in [-0.05, 0) is 47.9 Å². The lowest BCUT2D eigenvalue weighted by molar-refractivity contribution is -0.148. The number of carboxylic acid groups (broad SMARTS) is 1. The number of aliphatic carboxylic acids is 1. The topological polar surface area (TPSA) is 114 Å². The number of rotatable bonds is 6. The van der Waals surface area contributed by atoms with Gasteiger partial charge in [0.1, 0.15) is 6.61 Å². The van der Waals surface area contributed by atoms with Gasteiger partial charge in [-0.3, -0.25) is 4.79 Å². The first-order valence-electron chi connectivity index (χ1n) is 12.2. The lowest BCUT2D eigenvalue weighted by Crippen LogP contribution is -2.57. The van der Waals surface area contributed by atoms with Crippen molar-refractivity contribution in [1.29, 1.82) is 0 Å². The summed E-state index contributed by atoms with van der Waals surface area (Å²) in [6.07, 6.45) is 2.26. The third-order valence-corrected chi connectivity index (χ3v) is 7.56. The third kappa shape index (κ3) is 4.62. The summed E-state index contributed by atoms with van der Waals surface area (Å²) < 4.78 is 10.8. The second-order valence-corrected chi connectivity index (χ2v) is 9.70. The van der Waals surface area contributed by atoms with Crippen LogP contribution in [0.25, 0.3) is 11.1 Å². The van der Waals surface area contributed by atoms with E-state index in [-0.39, 0.29) is 43.4 Å². The monoisotopic (exact) mass is 478 g/mol. The van der Waals surface area contributed by atoms with Crippen molar-refractivity contribution in [3.63, 3.8) is 0 Å². The Morgan fingerprint density at radius 2 is 1.60 bits per heavy atom. The van der Waals surface area contributed by atoms with E-state index < -0.39 is 17.6 Å². The highest BCUT2D eigenvalue weighted by Crippen LogP contribution is 2.44. The van der Waals surface area contributed by atoms with Crippen LogP contribution >= 0.6 is 0 Å². The van der Waals surface area contributed by atoms with E-state index in [1.807, 2.05) is 24.3 Å². The summed E-state index contributed by atoms with van der Waals surface area (Å²) in [4.78, 5) is 36.9. The number of amides is 2. The van der Waals surface area contributed by atoms with Gasteiger partial charge in [-0.25, -0.2) is 9.59 Å². The molecule has 1 aliphatic heterocycles. The van der Waals surface area contributed by atoms with E-state index in [9.17, 15) is 19.5 Å². The molecule has 2 aliphatic carbocycles. The molecule has 0 radical (unpaired) electrons. The van der Waals surface area contributed by atoms with Gasteiger partial charge < -0.3 is 25.2 Å². The van der Waals surface area contributed by atoms with E-state index in [2.05, 4.69) is 34.9 Å². The van der Waals surface area contributed by atoms with E-state index in [1.165, 1.54) is 22.3 Å². The predicted octanol–water partition coefficient (Wildman–Crippen LogP) is 3.44. The lowest BCUT2D eigenvalue weighted by Gasteiger charge is -2.31. The standard InChI is InChI=1S/C27H30N2O6/c30-24(29-27(25(31)32)13-14-34-16-27)17-9-11-18(12-10-17)28-26(33)35-15-23-21-7-3-1-5-19(21)20-6-2-4-8-22(20)23/h1-8,17-18,23H,9-16H2,(H,28,33)(H,29,30)(H,31,32). The molecule has 3 aliphatic rings. The number of carbonyl (C=O) groups is 3. The lowest BCUT2D eigenvalue weighted by atomic mass is 9.84. The highest BCUT2D eigenvalue weighted by atomic mass is 16.5. The molecule has 8 nitrogen and oxygen atoms in total. The number of hydrogen-bond donors (Lipinski definition) is 3. The Balaban J connectivity index is 1.11. The molecule has 1 saturated heterocycles. The van der Waals surface area contributed by atoms with Crippen molar-refractivity contribution in [2.75, 3.05) is 19.8 Å². The minimum absolute atomic E-state index is 0.00718. The summed E-state index contributed by atoms with van der Waals surface area (Å²) in [5, 5.41) is 15.2. The van der Waals surface area contributed by atoms with E-state index in [0.29, 0.717) is 32.3 Å². The Hall–Kier alpha value is -3.39. The van der Waals surface area contributed by atoms with E-state index in [0.717, 1.165) is 0 Å². The zero-order chi connectivity index (χ0) is 24.4. The van der Waals surface area contributed by atoms with Crippen LogP contribution in [0.5, 0.6) is 0 Å². The molecule has 1 unspecified atom stereocenters. The summed E-state index contributed by atoms with van der Waals surface area (Å²) in [6, 6.07) is 16.3. The van der Waals surface area contributed by atoms with Crippen LogP contribution in [0.3, 0.4) is 0 Å². The highest BCUT2D eigenvalue weighted by Gasteiger charge is 2.45. The van der Waals surface area contributed by atoms with Gasteiger partial charge >= 0.3 is 12.1 Å². The Morgan fingerprint density at radius 1 is 0.971 bits per heavy atom. The summed E-state index contributed by atoms with van der Waals surface area (Å²) >= 11 is 0. The molecule has 1 heterocycles. The number of carbonyl (C=O) groups excluding carboxylic acids is 2. The number of benzene rings is 2. The molecule has 1 saturated carbocycles. The molecular weight excluding hydrogens is 448 g/mol. The van der Waals surface area contributed by atoms with E-state index in [4.69, 9.17) is 9.47 Å². The molecular formula is C27H30N2O6. The van der Waals surface area contributed by atoms with Crippen LogP contribution < -0.4 is 10.6 Å². The molecule has 3 N–H and O–H groups in total. The molecule has 2 fully saturated rings. The molecule has 0 spiro atoms. The molecule has 35 heavy (non-hydrogen) atoms. The first kappa shape index (κ1) is 23.4. The fourth-order valence-corrected chi connectivity index (χ4v) is 5.53. The molecule has 8 heteroatoms. The van der Waals surface area contributed by atoms with Gasteiger partial charge in [-0.15, -0.1) is 0 Å². The van der Waals surface area contributed by atoms with Gasteiger partial charge in [0.05, 0.1) is 6.61 Å². The molecule has 5 rings (SSSR count). The van der Waals surface area contributed by atoms with E-state index >= 15 is 0 Å². The third-order valence-electron chi connectivity index (χ3n) is 7.56. The van der Waals surface area contributed by atoms with Gasteiger partial charge in [0, 0.05) is 30.9 Å². The Bertz CT molecular complexity index is 1070. The van der Waals surface area contributed by atoms with Crippen molar-refractivity contribution in [3.8, 4) is 11.1 Å². The van der Waals surface area contributed by atoms with Crippen LogP contribution in [0.4, 0.5) is 4.79 Å². The maximum Gasteiger partial charge on any atom is 0.407 e. The summed E-state index contributed by atoms with van der Waals surface area (Å²) in [5.41, 5.74) is 3.37. The van der Waals surface area contributed by atoms with Gasteiger partial charge in [-0.2, -0.15) is 0 Å². The molecule has 184 valence electrons. The van der Waals surface area contributed by atoms with Crippen LogP contribution in [-0.4, -0.2) is 54.5 Å². The Morgan fingerprint density at radius 3 is 2.17 bits per heavy atom. The minimum Gasteiger partial charge on any atom is -0.479 e. The first-order chi connectivity index (χ1) is 17.0. The van der Waals surface area contributed by atoms with Crippen molar-refractivity contribution < 1.29 is 29.0 Å². The maximum absolute atomic E-state index is 12.7. The number of alkyl carbamates (subject to hydrolysis) is 1. The average Bonchev–Trinajstić information content (AvgIpc) is 3.47. The van der Waals surface area contributed by atoms with Crippen LogP contribution in [0.15, 0.2) is 48.5 Å². The van der Waals surface area contributed by atoms with Crippen molar-refractivity contribution in [2.45, 2.75) is 49.6 Å². The summed E-state index contributed by atoms with van der Waals surface area (Å²) in [5.74, 6) is -1.58. The molecule has 0 aromatic heterocycles. The number of fused-ring (bicyclic) bond motifs is 3. The largest absolute Gasteiger partial charge is 0.479 e. The zero-order valence-corrected chi connectivity index (χ0v) is 19.5. The minimum atomic E-state index is -1.33. The SMILES string of the molecule is O=C(NC1CCC(C(=O)NC2(C(=O)O)CCOC2)CC1)OCC1c2ccccc2-c2ccccc21. The van der Waals surface area contributed by atoms with Gasteiger partial charge in [0.25, 0.3) is 0 Å². The average molecular weight is 479 g/mol. The maximum atomic E-state index is 12.7. The molecule has 2 aromatic carbocycles. The van der Waals surface area contributed by atoms with Crippen molar-refractivity contribution in [1.82, 2.24) is 10.6 Å². The Labute approximate surface area is 204 Å². The quantitative estimate of drug-likeness (QED) is 0.586. The Kier molecular flexibility index (Phi) is 6.47. The first-order valence-corrected chi connectivity index (χ1v) is 12.2. The smallest absolute Gasteiger partial charge is 0.407 e. The number of ether oxygens (including phenoxy) is 2. The second-order valence-electron chi connectivity index (χ2n) is 9.70. The van der Waals surface area contributed by atoms with Crippen molar-refractivity contribution >= 4 is 18.0 Å². The molecule has 2 amide bonds. The van der Waals surface area contributed by atoms with Crippen molar-refractivity contribution in [2.24, 2.45) is 5.92 Å². The van der Waals surface area contributed by atoms with Gasteiger partial charge in [0.2, 0.25) is 5.91 Å². The van der Waals surface area contributed by atoms with Crippen LogP contribution in [-0.2, 0) is 19.1 Å².